The number of hydrogen-bond donors (Lipinski definition) is 0. The number of benzene rings is 1. The second kappa shape index (κ2) is 5.06. The zero-order valence-corrected chi connectivity index (χ0v) is 12.8. The van der Waals surface area contributed by atoms with Gasteiger partial charge in [-0.3, -0.25) is 4.79 Å². The summed E-state index contributed by atoms with van der Waals surface area (Å²) in [5.41, 5.74) is 2.00. The molecule has 0 saturated heterocycles. The van der Waals surface area contributed by atoms with E-state index in [1.165, 1.54) is 11.3 Å². The highest BCUT2D eigenvalue weighted by atomic mass is 79.9. The molecular weight excluding hydrogens is 326 g/mol. The first-order chi connectivity index (χ1) is 9.19. The van der Waals surface area contributed by atoms with Crippen LogP contribution in [0.15, 0.2) is 28.2 Å². The molecule has 1 heterocycles. The lowest BCUT2D eigenvalue weighted by atomic mass is 9.84. The van der Waals surface area contributed by atoms with Crippen LogP contribution >= 0.6 is 27.3 Å². The van der Waals surface area contributed by atoms with Crippen LogP contribution in [0.2, 0.25) is 0 Å². The van der Waals surface area contributed by atoms with E-state index in [1.54, 1.807) is 7.11 Å². The molecule has 0 spiro atoms. The van der Waals surface area contributed by atoms with Crippen molar-refractivity contribution < 1.29 is 9.53 Å². The molecule has 19 heavy (non-hydrogen) atoms. The number of carbonyl (C=O) groups excluding carboxylic acids is 1. The van der Waals surface area contributed by atoms with Crippen LogP contribution < -0.4 is 4.74 Å². The third-order valence-electron chi connectivity index (χ3n) is 3.37. The molecule has 0 unspecified atom stereocenters. The average molecular weight is 338 g/mol. The van der Waals surface area contributed by atoms with Crippen molar-refractivity contribution in [2.45, 2.75) is 18.8 Å². The van der Waals surface area contributed by atoms with Crippen molar-refractivity contribution in [3.8, 4) is 5.75 Å². The monoisotopic (exact) mass is 337 g/mol. The van der Waals surface area contributed by atoms with Crippen LogP contribution in [-0.2, 0) is 6.42 Å². The summed E-state index contributed by atoms with van der Waals surface area (Å²) in [5.74, 6) is 1.18. The van der Waals surface area contributed by atoms with Crippen LogP contribution in [0.25, 0.3) is 0 Å². The average Bonchev–Trinajstić information content (AvgIpc) is 2.79. The number of hydrogen-bond acceptors (Lipinski definition) is 4. The second-order valence-electron chi connectivity index (χ2n) is 4.51. The maximum absolute atomic E-state index is 12.2. The Kier molecular flexibility index (Phi) is 3.41. The Morgan fingerprint density at radius 1 is 1.37 bits per heavy atom. The van der Waals surface area contributed by atoms with Crippen molar-refractivity contribution >= 4 is 33.0 Å². The molecule has 98 valence electrons. The van der Waals surface area contributed by atoms with E-state index in [9.17, 15) is 4.79 Å². The molecule has 0 N–H and O–H groups in total. The SMILES string of the molecule is COc1ccccc1[C@H]1CC(=O)c2sc(Br)nc2C1. The maximum Gasteiger partial charge on any atom is 0.175 e. The van der Waals surface area contributed by atoms with Gasteiger partial charge in [-0.15, -0.1) is 11.3 Å². The molecule has 1 atom stereocenters. The number of halogens is 1. The van der Waals surface area contributed by atoms with Crippen molar-refractivity contribution in [1.29, 1.82) is 0 Å². The Morgan fingerprint density at radius 3 is 2.95 bits per heavy atom. The van der Waals surface area contributed by atoms with Gasteiger partial charge in [-0.2, -0.15) is 0 Å². The Labute approximate surface area is 123 Å². The van der Waals surface area contributed by atoms with Crippen molar-refractivity contribution in [3.05, 3.63) is 44.3 Å². The maximum atomic E-state index is 12.2. The van der Waals surface area contributed by atoms with Gasteiger partial charge in [0.05, 0.1) is 17.7 Å². The molecular formula is C14H12BrNO2S. The van der Waals surface area contributed by atoms with Crippen LogP contribution in [0.5, 0.6) is 5.75 Å². The lowest BCUT2D eigenvalue weighted by molar-refractivity contribution is 0.0967. The summed E-state index contributed by atoms with van der Waals surface area (Å²) < 4.78 is 6.17. The van der Waals surface area contributed by atoms with Gasteiger partial charge in [0.15, 0.2) is 9.70 Å². The van der Waals surface area contributed by atoms with Crippen molar-refractivity contribution in [1.82, 2.24) is 4.98 Å². The van der Waals surface area contributed by atoms with E-state index in [4.69, 9.17) is 4.74 Å². The first-order valence-corrected chi connectivity index (χ1v) is 7.61. The number of thiazole rings is 1. The largest absolute Gasteiger partial charge is 0.496 e. The van der Waals surface area contributed by atoms with E-state index in [0.29, 0.717) is 6.42 Å². The number of ether oxygens (including phenoxy) is 1. The molecule has 5 heteroatoms. The quantitative estimate of drug-likeness (QED) is 0.835. The van der Waals surface area contributed by atoms with Gasteiger partial charge in [0.1, 0.15) is 5.75 Å². The molecule has 1 aliphatic carbocycles. The number of Topliss-reactive ketones (excluding diaryl/α,β-unsaturated/α-hetero) is 1. The first-order valence-electron chi connectivity index (χ1n) is 6.00. The molecule has 0 radical (unpaired) electrons. The molecule has 0 saturated carbocycles. The third kappa shape index (κ3) is 2.32. The van der Waals surface area contributed by atoms with Gasteiger partial charge in [-0.05, 0) is 34.0 Å². The van der Waals surface area contributed by atoms with E-state index >= 15 is 0 Å². The van der Waals surface area contributed by atoms with E-state index in [0.717, 1.165) is 32.2 Å². The van der Waals surface area contributed by atoms with Gasteiger partial charge in [0.25, 0.3) is 0 Å². The Hall–Kier alpha value is -1.20. The molecule has 0 amide bonds. The predicted octanol–water partition coefficient (Wildman–Crippen LogP) is 3.83. The van der Waals surface area contributed by atoms with Crippen LogP contribution in [-0.4, -0.2) is 17.9 Å². The fourth-order valence-corrected chi connectivity index (χ4v) is 3.99. The Balaban J connectivity index is 1.99. The predicted molar refractivity (Wildman–Crippen MR) is 78.2 cm³/mol. The molecule has 1 aliphatic rings. The van der Waals surface area contributed by atoms with Gasteiger partial charge < -0.3 is 4.74 Å². The Bertz CT molecular complexity index is 638. The smallest absolute Gasteiger partial charge is 0.175 e. The minimum atomic E-state index is 0.158. The zero-order chi connectivity index (χ0) is 13.4. The molecule has 0 bridgehead atoms. The van der Waals surface area contributed by atoms with E-state index in [2.05, 4.69) is 20.9 Å². The number of carbonyl (C=O) groups is 1. The summed E-state index contributed by atoms with van der Waals surface area (Å²) in [4.78, 5) is 17.4. The van der Waals surface area contributed by atoms with Crippen LogP contribution in [0.3, 0.4) is 0 Å². The first kappa shape index (κ1) is 12.8. The molecule has 3 nitrogen and oxygen atoms in total. The summed E-state index contributed by atoms with van der Waals surface area (Å²) in [6.45, 7) is 0. The van der Waals surface area contributed by atoms with E-state index in [1.807, 2.05) is 24.3 Å². The fraction of sp³-hybridized carbons (Fsp3) is 0.286. The van der Waals surface area contributed by atoms with Gasteiger partial charge in [0.2, 0.25) is 0 Å². The number of fused-ring (bicyclic) bond motifs is 1. The number of ketones is 1. The molecule has 0 fully saturated rings. The third-order valence-corrected chi connectivity index (χ3v) is 4.96. The topological polar surface area (TPSA) is 39.2 Å². The summed E-state index contributed by atoms with van der Waals surface area (Å²) in [6, 6.07) is 7.89. The van der Waals surface area contributed by atoms with Gasteiger partial charge in [-0.1, -0.05) is 18.2 Å². The van der Waals surface area contributed by atoms with Gasteiger partial charge in [0, 0.05) is 12.3 Å². The van der Waals surface area contributed by atoms with Crippen LogP contribution in [0, 0.1) is 0 Å². The lowest BCUT2D eigenvalue weighted by Crippen LogP contribution is -2.18. The zero-order valence-electron chi connectivity index (χ0n) is 10.4. The van der Waals surface area contributed by atoms with Crippen molar-refractivity contribution in [2.24, 2.45) is 0 Å². The highest BCUT2D eigenvalue weighted by Crippen LogP contribution is 2.39. The fourth-order valence-electron chi connectivity index (χ4n) is 2.52. The second-order valence-corrected chi connectivity index (χ2v) is 6.79. The van der Waals surface area contributed by atoms with Crippen LogP contribution in [0.4, 0.5) is 0 Å². The molecule has 1 aromatic heterocycles. The minimum absolute atomic E-state index is 0.158. The van der Waals surface area contributed by atoms with Crippen molar-refractivity contribution in [2.75, 3.05) is 7.11 Å². The number of aromatic nitrogens is 1. The summed E-state index contributed by atoms with van der Waals surface area (Å²) in [5, 5.41) is 0. The number of para-hydroxylation sites is 1. The number of rotatable bonds is 2. The highest BCUT2D eigenvalue weighted by Gasteiger charge is 2.30. The lowest BCUT2D eigenvalue weighted by Gasteiger charge is -2.22. The van der Waals surface area contributed by atoms with Gasteiger partial charge in [-0.25, -0.2) is 4.98 Å². The van der Waals surface area contributed by atoms with Gasteiger partial charge >= 0.3 is 0 Å². The highest BCUT2D eigenvalue weighted by molar-refractivity contribution is 9.11. The summed E-state index contributed by atoms with van der Waals surface area (Å²) in [6.07, 6.45) is 1.32. The van der Waals surface area contributed by atoms with Crippen LogP contribution in [0.1, 0.15) is 33.3 Å². The molecule has 1 aromatic carbocycles. The minimum Gasteiger partial charge on any atom is -0.496 e. The summed E-state index contributed by atoms with van der Waals surface area (Å²) in [7, 11) is 1.66. The van der Waals surface area contributed by atoms with E-state index in [-0.39, 0.29) is 11.7 Å². The standard InChI is InChI=1S/C14H12BrNO2S/c1-18-12-5-3-2-4-9(12)8-6-10-13(11(17)7-8)19-14(15)16-10/h2-5,8H,6-7H2,1H3/t8-/m1/s1. The Morgan fingerprint density at radius 2 is 2.16 bits per heavy atom. The summed E-state index contributed by atoms with van der Waals surface area (Å²) >= 11 is 4.78. The number of methoxy groups -OCH3 is 1. The molecule has 3 rings (SSSR count). The molecule has 2 aromatic rings. The normalized spacial score (nSPS) is 18.2. The number of nitrogens with zero attached hydrogens (tertiary/aromatic N) is 1. The van der Waals surface area contributed by atoms with E-state index < -0.39 is 0 Å². The van der Waals surface area contributed by atoms with Crippen molar-refractivity contribution in [3.63, 3.8) is 0 Å². The molecule has 0 aliphatic heterocycles.